The number of hydrogen-bond acceptors (Lipinski definition) is 6. The second-order valence-corrected chi connectivity index (χ2v) is 8.75. The van der Waals surface area contributed by atoms with Crippen molar-refractivity contribution in [3.63, 3.8) is 0 Å². The van der Waals surface area contributed by atoms with E-state index in [1.165, 1.54) is 12.5 Å². The first-order chi connectivity index (χ1) is 14.8. The first-order valence-corrected chi connectivity index (χ1v) is 10.8. The fraction of sp³-hybridized carbons (Fsp3) is 0.391. The minimum absolute atomic E-state index is 0.0635. The largest absolute Gasteiger partial charge is 0.393 e. The molecule has 31 heavy (non-hydrogen) atoms. The van der Waals surface area contributed by atoms with Gasteiger partial charge in [-0.05, 0) is 56.4 Å². The number of carbonyl (C=O) groups excluding carboxylic acids is 1. The van der Waals surface area contributed by atoms with Crippen molar-refractivity contribution in [2.45, 2.75) is 51.8 Å². The second-order valence-electron chi connectivity index (χ2n) is 8.32. The lowest BCUT2D eigenvalue weighted by molar-refractivity contribution is 0.103. The number of hydrogen-bond donors (Lipinski definition) is 2. The lowest BCUT2D eigenvalue weighted by Gasteiger charge is -2.15. The van der Waals surface area contributed by atoms with E-state index in [2.05, 4.69) is 20.4 Å². The topological polar surface area (TPSA) is 92.9 Å². The Morgan fingerprint density at radius 2 is 2.13 bits per heavy atom. The van der Waals surface area contributed by atoms with Gasteiger partial charge in [0.2, 0.25) is 5.78 Å². The Morgan fingerprint density at radius 3 is 2.84 bits per heavy atom. The molecule has 0 amide bonds. The number of ketones is 1. The normalized spacial score (nSPS) is 21.8. The zero-order valence-electron chi connectivity index (χ0n) is 17.8. The third-order valence-corrected chi connectivity index (χ3v) is 6.23. The number of nitrogens with zero attached hydrogens (tertiary/aromatic N) is 4. The molecule has 7 nitrogen and oxygen atoms in total. The number of aliphatic hydroxyl groups excluding tert-OH is 1. The van der Waals surface area contributed by atoms with Crippen molar-refractivity contribution >= 4 is 23.2 Å². The number of aliphatic hydroxyl groups is 1. The van der Waals surface area contributed by atoms with Crippen LogP contribution in [-0.2, 0) is 0 Å². The second kappa shape index (κ2) is 8.77. The summed E-state index contributed by atoms with van der Waals surface area (Å²) >= 11 is 6.14. The maximum Gasteiger partial charge on any atom is 0.218 e. The molecule has 162 valence electrons. The van der Waals surface area contributed by atoms with Gasteiger partial charge >= 0.3 is 0 Å². The highest BCUT2D eigenvalue weighted by Crippen LogP contribution is 2.29. The van der Waals surface area contributed by atoms with E-state index >= 15 is 0 Å². The summed E-state index contributed by atoms with van der Waals surface area (Å²) in [6.45, 7) is 5.97. The Labute approximate surface area is 186 Å². The van der Waals surface area contributed by atoms with E-state index < -0.39 is 0 Å². The van der Waals surface area contributed by atoms with Crippen molar-refractivity contribution in [3.8, 4) is 0 Å². The molecule has 0 bridgehead atoms. The van der Waals surface area contributed by atoms with Gasteiger partial charge in [0.25, 0.3) is 0 Å². The van der Waals surface area contributed by atoms with Crippen LogP contribution in [0.15, 0.2) is 42.9 Å². The van der Waals surface area contributed by atoms with Gasteiger partial charge in [-0.15, -0.1) is 0 Å². The molecule has 1 aliphatic carbocycles. The average Bonchev–Trinajstić information content (AvgIpc) is 3.29. The van der Waals surface area contributed by atoms with E-state index in [1.54, 1.807) is 6.07 Å². The summed E-state index contributed by atoms with van der Waals surface area (Å²) in [6, 6.07) is 9.39. The molecule has 3 aromatic rings. The highest BCUT2D eigenvalue weighted by molar-refractivity contribution is 6.30. The molecular formula is C23H26ClN5O2. The first-order valence-electron chi connectivity index (χ1n) is 10.4. The Bertz CT molecular complexity index is 1090. The smallest absolute Gasteiger partial charge is 0.218 e. The van der Waals surface area contributed by atoms with Gasteiger partial charge in [-0.25, -0.2) is 9.97 Å². The first kappa shape index (κ1) is 21.5. The van der Waals surface area contributed by atoms with Gasteiger partial charge in [0, 0.05) is 23.0 Å². The highest BCUT2D eigenvalue weighted by Gasteiger charge is 2.31. The van der Waals surface area contributed by atoms with Gasteiger partial charge in [-0.1, -0.05) is 30.7 Å². The molecule has 2 aromatic heterocycles. The number of carbonyl (C=O) groups is 1. The van der Waals surface area contributed by atoms with Crippen molar-refractivity contribution in [1.82, 2.24) is 19.7 Å². The van der Waals surface area contributed by atoms with Crippen molar-refractivity contribution in [1.29, 1.82) is 0 Å². The van der Waals surface area contributed by atoms with Gasteiger partial charge in [0.15, 0.2) is 0 Å². The Kier molecular flexibility index (Phi) is 6.07. The Morgan fingerprint density at radius 1 is 1.32 bits per heavy atom. The summed E-state index contributed by atoms with van der Waals surface area (Å²) in [6.07, 6.45) is 4.04. The number of halogens is 1. The summed E-state index contributed by atoms with van der Waals surface area (Å²) in [5, 5.41) is 18.6. The molecular weight excluding hydrogens is 414 g/mol. The lowest BCUT2D eigenvalue weighted by atomic mass is 10.1. The van der Waals surface area contributed by atoms with Gasteiger partial charge in [0.05, 0.1) is 17.7 Å². The minimum atomic E-state index is -0.343. The van der Waals surface area contributed by atoms with Crippen LogP contribution in [-0.4, -0.2) is 42.8 Å². The van der Waals surface area contributed by atoms with E-state index in [9.17, 15) is 9.90 Å². The summed E-state index contributed by atoms with van der Waals surface area (Å²) < 4.78 is 1.82. The molecule has 4 rings (SSSR count). The van der Waals surface area contributed by atoms with Crippen molar-refractivity contribution in [2.24, 2.45) is 5.92 Å². The summed E-state index contributed by atoms with van der Waals surface area (Å²) in [5.74, 6) is 0.445. The predicted octanol–water partition coefficient (Wildman–Crippen LogP) is 4.05. The van der Waals surface area contributed by atoms with E-state index in [0.717, 1.165) is 17.7 Å². The molecule has 0 unspecified atom stereocenters. The molecule has 1 fully saturated rings. The zero-order valence-corrected chi connectivity index (χ0v) is 18.5. The van der Waals surface area contributed by atoms with Crippen molar-refractivity contribution in [3.05, 3.63) is 70.4 Å². The number of nitrogens with one attached hydrogen (secondary N) is 1. The van der Waals surface area contributed by atoms with Crippen molar-refractivity contribution < 1.29 is 9.90 Å². The maximum atomic E-state index is 13.3. The maximum absolute atomic E-state index is 13.3. The van der Waals surface area contributed by atoms with Crippen molar-refractivity contribution in [2.75, 3.05) is 5.32 Å². The molecule has 4 atom stereocenters. The van der Waals surface area contributed by atoms with Crippen LogP contribution in [0.25, 0.3) is 0 Å². The molecule has 1 saturated carbocycles. The molecule has 1 aromatic carbocycles. The number of aryl methyl sites for hydroxylation is 1. The third-order valence-electron chi connectivity index (χ3n) is 5.99. The summed E-state index contributed by atoms with van der Waals surface area (Å²) in [7, 11) is 0. The van der Waals surface area contributed by atoms with Crippen LogP contribution in [0.5, 0.6) is 0 Å². The molecule has 0 aliphatic heterocycles. The number of anilines is 1. The van der Waals surface area contributed by atoms with E-state index in [4.69, 9.17) is 11.6 Å². The van der Waals surface area contributed by atoms with Crippen LogP contribution in [0, 0.1) is 12.8 Å². The van der Waals surface area contributed by atoms with Crippen LogP contribution < -0.4 is 5.32 Å². The van der Waals surface area contributed by atoms with Crippen LogP contribution >= 0.6 is 11.6 Å². The highest BCUT2D eigenvalue weighted by atomic mass is 35.5. The standard InChI is InChI=1S/C23H26ClN5O2/c1-13-7-18(10-21(13)30)27-23-19(11-25-12-26-23)22(31)20-8-14(2)29(28-20)15(3)16-5-4-6-17(24)9-16/h4-6,8-9,11-13,15,18,21,30H,7,10H2,1-3H3,(H,25,26,27)/t13-,15-,18-,21+/m1/s1. The monoisotopic (exact) mass is 439 g/mol. The van der Waals surface area contributed by atoms with Crippen LogP contribution in [0.2, 0.25) is 5.02 Å². The van der Waals surface area contributed by atoms with E-state index in [1.807, 2.05) is 49.7 Å². The Balaban J connectivity index is 1.59. The molecule has 0 spiro atoms. The summed E-state index contributed by atoms with van der Waals surface area (Å²) in [4.78, 5) is 21.6. The van der Waals surface area contributed by atoms with Gasteiger partial charge < -0.3 is 10.4 Å². The lowest BCUT2D eigenvalue weighted by Crippen LogP contribution is -2.20. The van der Waals surface area contributed by atoms with E-state index in [0.29, 0.717) is 28.5 Å². The summed E-state index contributed by atoms with van der Waals surface area (Å²) in [5.41, 5.74) is 2.59. The zero-order chi connectivity index (χ0) is 22.1. The molecule has 0 saturated heterocycles. The number of aromatic nitrogens is 4. The molecule has 1 aliphatic rings. The van der Waals surface area contributed by atoms with Gasteiger partial charge in [-0.2, -0.15) is 5.10 Å². The predicted molar refractivity (Wildman–Crippen MR) is 120 cm³/mol. The van der Waals surface area contributed by atoms with Crippen LogP contribution in [0.4, 0.5) is 5.82 Å². The molecule has 2 heterocycles. The van der Waals surface area contributed by atoms with E-state index in [-0.39, 0.29) is 29.9 Å². The molecule has 8 heteroatoms. The minimum Gasteiger partial charge on any atom is -0.393 e. The SMILES string of the molecule is Cc1cc(C(=O)c2cncnc2N[C@@H]2C[C@@H](C)[C@@H](O)C2)nn1[C@H](C)c1cccc(Cl)c1. The van der Waals surface area contributed by atoms with Gasteiger partial charge in [0.1, 0.15) is 17.8 Å². The molecule has 2 N–H and O–H groups in total. The fourth-order valence-corrected chi connectivity index (χ4v) is 4.38. The van der Waals surface area contributed by atoms with Gasteiger partial charge in [-0.3, -0.25) is 9.48 Å². The molecule has 0 radical (unpaired) electrons. The van der Waals surface area contributed by atoms with Crippen LogP contribution in [0.3, 0.4) is 0 Å². The average molecular weight is 440 g/mol. The van der Waals surface area contributed by atoms with Crippen LogP contribution in [0.1, 0.15) is 60.0 Å². The fourth-order valence-electron chi connectivity index (χ4n) is 4.18. The number of rotatable bonds is 6. The number of benzene rings is 1. The Hall–Kier alpha value is -2.77. The third kappa shape index (κ3) is 4.48. The quantitative estimate of drug-likeness (QED) is 0.563.